The summed E-state index contributed by atoms with van der Waals surface area (Å²) in [6.07, 6.45) is 17.2. The first-order valence-corrected chi connectivity index (χ1v) is 19.2. The van der Waals surface area contributed by atoms with Gasteiger partial charge < -0.3 is 32.4 Å². The van der Waals surface area contributed by atoms with Crippen molar-refractivity contribution in [2.75, 3.05) is 39.3 Å². The van der Waals surface area contributed by atoms with E-state index in [9.17, 15) is 4.79 Å². The molecule has 8 atom stereocenters. The molecule has 4 rings (SSSR count). The van der Waals surface area contributed by atoms with Gasteiger partial charge in [0.1, 0.15) is 12.7 Å². The van der Waals surface area contributed by atoms with E-state index in [0.29, 0.717) is 25.0 Å². The maximum Gasteiger partial charge on any atom is 0.508 e. The molecule has 3 saturated carbocycles. The van der Waals surface area contributed by atoms with Gasteiger partial charge in [0, 0.05) is 39.1 Å². The van der Waals surface area contributed by atoms with Crippen LogP contribution in [0.5, 0.6) is 0 Å². The van der Waals surface area contributed by atoms with Gasteiger partial charge in [-0.25, -0.2) is 4.79 Å². The zero-order valence-corrected chi connectivity index (χ0v) is 30.9. The molecule has 0 aromatic heterocycles. The van der Waals surface area contributed by atoms with E-state index in [1.165, 1.54) is 56.9 Å². The minimum absolute atomic E-state index is 0.0915. The molecule has 0 aliphatic heterocycles. The third kappa shape index (κ3) is 9.81. The normalized spacial score (nSPS) is 31.6. The van der Waals surface area contributed by atoms with E-state index >= 15 is 0 Å². The van der Waals surface area contributed by atoms with Crippen LogP contribution in [0.2, 0.25) is 0 Å². The van der Waals surface area contributed by atoms with Gasteiger partial charge in [0.25, 0.3) is 0 Å². The van der Waals surface area contributed by atoms with Crippen molar-refractivity contribution in [3.63, 3.8) is 0 Å². The summed E-state index contributed by atoms with van der Waals surface area (Å²) >= 11 is 0. The van der Waals surface area contributed by atoms with Crippen LogP contribution in [0.4, 0.5) is 4.79 Å². The van der Waals surface area contributed by atoms with E-state index in [-0.39, 0.29) is 30.0 Å². The quantitative estimate of drug-likeness (QED) is 0.0468. The summed E-state index contributed by atoms with van der Waals surface area (Å²) in [7, 11) is 0. The number of aliphatic imine (C=N–C) groups is 2. The van der Waals surface area contributed by atoms with Gasteiger partial charge in [0.2, 0.25) is 0 Å². The first-order chi connectivity index (χ1) is 22.8. The van der Waals surface area contributed by atoms with Gasteiger partial charge in [-0.3, -0.25) is 14.9 Å². The number of guanidine groups is 2. The number of nitrogens with zero attached hydrogens (tertiary/aromatic N) is 3. The summed E-state index contributed by atoms with van der Waals surface area (Å²) in [5.74, 6) is 5.11. The molecule has 3 fully saturated rings. The minimum Gasteiger partial charge on any atom is -0.433 e. The Morgan fingerprint density at radius 1 is 0.896 bits per heavy atom. The molecule has 4 aliphatic carbocycles. The summed E-state index contributed by atoms with van der Waals surface area (Å²) in [5, 5.41) is 0. The number of nitrogens with two attached hydrogens (primary N) is 4. The SMILES string of the molecule is CC(C)CCC[C@@H](C)[C@H]1CC[C@H]2[C@@H]3CC=C4C[C@@H](OC(=O)OCCN(CCCN=C(N)N)CCCN=C(N)N)CC[C@]4(C)[C@H]3CC[C@]12C. The Morgan fingerprint density at radius 2 is 1.58 bits per heavy atom. The Hall–Kier alpha value is -2.49. The molecule has 0 radical (unpaired) electrons. The average Bonchev–Trinajstić information content (AvgIpc) is 3.38. The van der Waals surface area contributed by atoms with Gasteiger partial charge in [-0.05, 0) is 104 Å². The van der Waals surface area contributed by atoms with Gasteiger partial charge >= 0.3 is 6.16 Å². The lowest BCUT2D eigenvalue weighted by atomic mass is 9.47. The first kappa shape index (κ1) is 38.3. The Kier molecular flexibility index (Phi) is 13.9. The molecule has 10 nitrogen and oxygen atoms in total. The zero-order chi connectivity index (χ0) is 34.9. The monoisotopic (exact) mass is 672 g/mol. The van der Waals surface area contributed by atoms with E-state index in [1.54, 1.807) is 0 Å². The van der Waals surface area contributed by atoms with Gasteiger partial charge in [0.15, 0.2) is 11.9 Å². The fourth-order valence-electron chi connectivity index (χ4n) is 10.5. The van der Waals surface area contributed by atoms with Crippen LogP contribution in [0, 0.1) is 46.3 Å². The summed E-state index contributed by atoms with van der Waals surface area (Å²) in [5.41, 5.74) is 24.1. The standard InChI is InChI=1S/C38H69N7O3/c1-26(2)9-6-10-27(3)31-13-14-32-30-12-11-28-25-29(15-17-37(28,4)33(30)16-18-38(31,32)5)48-36(46)47-24-23-45(21-7-19-43-34(39)40)22-8-20-44-35(41)42/h11,26-27,29-33H,6-10,12-25H2,1-5H3,(H4,39,40,43)(H4,41,42,44)/t27-,29+,30+,31-,32+,33+,37+,38-/m1/s1. The molecule has 0 bridgehead atoms. The molecule has 274 valence electrons. The molecular weight excluding hydrogens is 602 g/mol. The van der Waals surface area contributed by atoms with Gasteiger partial charge in [0.05, 0.1) is 0 Å². The number of hydrogen-bond donors (Lipinski definition) is 4. The fraction of sp³-hybridized carbons (Fsp3) is 0.868. The molecule has 0 aromatic carbocycles. The fourth-order valence-corrected chi connectivity index (χ4v) is 10.5. The second-order valence-corrected chi connectivity index (χ2v) is 16.5. The summed E-state index contributed by atoms with van der Waals surface area (Å²) in [4.78, 5) is 23.1. The maximum atomic E-state index is 12.8. The summed E-state index contributed by atoms with van der Waals surface area (Å²) in [6, 6.07) is 0. The van der Waals surface area contributed by atoms with E-state index in [1.807, 2.05) is 0 Å². The zero-order valence-electron chi connectivity index (χ0n) is 30.9. The van der Waals surface area contributed by atoms with Gasteiger partial charge in [-0.1, -0.05) is 65.5 Å². The lowest BCUT2D eigenvalue weighted by molar-refractivity contribution is -0.0619. The second-order valence-electron chi connectivity index (χ2n) is 16.5. The predicted octanol–water partition coefficient (Wildman–Crippen LogP) is 6.18. The van der Waals surface area contributed by atoms with E-state index < -0.39 is 6.16 Å². The molecule has 0 amide bonds. The maximum absolute atomic E-state index is 12.8. The number of hydrogen-bond acceptors (Lipinski definition) is 6. The van der Waals surface area contributed by atoms with Crippen LogP contribution in [0.1, 0.15) is 118 Å². The average molecular weight is 672 g/mol. The predicted molar refractivity (Wildman–Crippen MR) is 196 cm³/mol. The molecule has 0 spiro atoms. The Bertz CT molecular complexity index is 1110. The van der Waals surface area contributed by atoms with Crippen LogP contribution in [-0.4, -0.2) is 68.4 Å². The van der Waals surface area contributed by atoms with Crippen molar-refractivity contribution < 1.29 is 14.3 Å². The van der Waals surface area contributed by atoms with Crippen molar-refractivity contribution in [3.05, 3.63) is 11.6 Å². The molecule has 0 heterocycles. The molecule has 10 heteroatoms. The Labute approximate surface area is 291 Å². The lowest BCUT2D eigenvalue weighted by Gasteiger charge is -2.58. The van der Waals surface area contributed by atoms with Crippen LogP contribution in [-0.2, 0) is 9.47 Å². The Balaban J connectivity index is 1.26. The molecule has 48 heavy (non-hydrogen) atoms. The third-order valence-electron chi connectivity index (χ3n) is 13.0. The van der Waals surface area contributed by atoms with Crippen molar-refractivity contribution >= 4 is 18.1 Å². The van der Waals surface area contributed by atoms with Gasteiger partial charge in [-0.15, -0.1) is 0 Å². The number of carbonyl (C=O) groups excluding carboxylic acids is 1. The molecule has 4 aliphatic rings. The molecule has 8 N–H and O–H groups in total. The second kappa shape index (κ2) is 17.4. The Morgan fingerprint density at radius 3 is 2.23 bits per heavy atom. The highest BCUT2D eigenvalue weighted by Gasteiger charge is 2.59. The van der Waals surface area contributed by atoms with Crippen LogP contribution in [0.15, 0.2) is 21.6 Å². The van der Waals surface area contributed by atoms with Crippen LogP contribution in [0.25, 0.3) is 0 Å². The molecule has 0 unspecified atom stereocenters. The highest BCUT2D eigenvalue weighted by atomic mass is 16.7. The smallest absolute Gasteiger partial charge is 0.433 e. The number of carbonyl (C=O) groups is 1. The van der Waals surface area contributed by atoms with E-state index in [0.717, 1.165) is 80.7 Å². The van der Waals surface area contributed by atoms with Crippen molar-refractivity contribution in [2.24, 2.45) is 79.3 Å². The topological polar surface area (TPSA) is 168 Å². The van der Waals surface area contributed by atoms with Crippen molar-refractivity contribution in [2.45, 2.75) is 124 Å². The number of rotatable bonds is 17. The molecule has 0 saturated heterocycles. The highest BCUT2D eigenvalue weighted by molar-refractivity contribution is 5.75. The van der Waals surface area contributed by atoms with Crippen LogP contribution in [0.3, 0.4) is 0 Å². The minimum atomic E-state index is -0.563. The number of fused-ring (bicyclic) bond motifs is 5. The first-order valence-electron chi connectivity index (χ1n) is 19.2. The molecule has 0 aromatic rings. The summed E-state index contributed by atoms with van der Waals surface area (Å²) in [6.45, 7) is 16.0. The van der Waals surface area contributed by atoms with Crippen LogP contribution >= 0.6 is 0 Å². The number of ether oxygens (including phenoxy) is 2. The van der Waals surface area contributed by atoms with Crippen molar-refractivity contribution in [1.29, 1.82) is 0 Å². The van der Waals surface area contributed by atoms with Gasteiger partial charge in [-0.2, -0.15) is 0 Å². The largest absolute Gasteiger partial charge is 0.508 e. The van der Waals surface area contributed by atoms with Crippen LogP contribution < -0.4 is 22.9 Å². The number of allylic oxidation sites excluding steroid dienone is 1. The summed E-state index contributed by atoms with van der Waals surface area (Å²) < 4.78 is 11.5. The molecular formula is C38H69N7O3. The van der Waals surface area contributed by atoms with E-state index in [2.05, 4.69) is 55.6 Å². The highest BCUT2D eigenvalue weighted by Crippen LogP contribution is 2.67. The van der Waals surface area contributed by atoms with E-state index in [4.69, 9.17) is 32.4 Å². The lowest BCUT2D eigenvalue weighted by Crippen LogP contribution is -2.51. The van der Waals surface area contributed by atoms with Crippen molar-refractivity contribution in [1.82, 2.24) is 4.90 Å². The van der Waals surface area contributed by atoms with Crippen molar-refractivity contribution in [3.8, 4) is 0 Å². The third-order valence-corrected chi connectivity index (χ3v) is 13.0.